The molecule has 19 heavy (non-hydrogen) atoms. The van der Waals surface area contributed by atoms with Crippen LogP contribution >= 0.6 is 0 Å². The first-order chi connectivity index (χ1) is 9.11. The molecule has 1 aromatic heterocycles. The Bertz CT molecular complexity index is 442. The predicted molar refractivity (Wildman–Crippen MR) is 73.7 cm³/mol. The highest BCUT2D eigenvalue weighted by molar-refractivity contribution is 5.92. The smallest absolute Gasteiger partial charge is 0.360 e. The van der Waals surface area contributed by atoms with Gasteiger partial charge in [-0.25, -0.2) is 9.78 Å². The summed E-state index contributed by atoms with van der Waals surface area (Å²) >= 11 is 0. The minimum absolute atomic E-state index is 0.241. The molecule has 5 nitrogen and oxygen atoms in total. The number of imidazole rings is 1. The highest BCUT2D eigenvalue weighted by Gasteiger charge is 2.22. The van der Waals surface area contributed by atoms with Gasteiger partial charge in [0.05, 0.1) is 12.9 Å². The Morgan fingerprint density at radius 2 is 2.37 bits per heavy atom. The van der Waals surface area contributed by atoms with Gasteiger partial charge in [0.2, 0.25) is 0 Å². The second-order valence-electron chi connectivity index (χ2n) is 5.49. The molecule has 1 fully saturated rings. The van der Waals surface area contributed by atoms with Gasteiger partial charge in [0.25, 0.3) is 0 Å². The lowest BCUT2D eigenvalue weighted by atomic mass is 9.82. The quantitative estimate of drug-likeness (QED) is 0.849. The Hall–Kier alpha value is -1.52. The van der Waals surface area contributed by atoms with Crippen LogP contribution in [0.15, 0.2) is 6.33 Å². The van der Waals surface area contributed by atoms with Gasteiger partial charge in [-0.3, -0.25) is 0 Å². The number of nitrogens with two attached hydrogens (primary N) is 1. The van der Waals surface area contributed by atoms with Gasteiger partial charge in [-0.2, -0.15) is 0 Å². The minimum Gasteiger partial charge on any atom is -0.461 e. The molecule has 0 spiro atoms. The summed E-state index contributed by atoms with van der Waals surface area (Å²) < 4.78 is 6.82. The summed E-state index contributed by atoms with van der Waals surface area (Å²) in [5.41, 5.74) is 6.23. The van der Waals surface area contributed by atoms with Crippen molar-refractivity contribution in [3.63, 3.8) is 0 Å². The van der Waals surface area contributed by atoms with Gasteiger partial charge in [-0.1, -0.05) is 19.8 Å². The Morgan fingerprint density at radius 3 is 3.05 bits per heavy atom. The molecule has 2 atom stereocenters. The van der Waals surface area contributed by atoms with E-state index in [9.17, 15) is 4.79 Å². The lowest BCUT2D eigenvalue weighted by Crippen LogP contribution is -2.19. The van der Waals surface area contributed by atoms with Gasteiger partial charge in [0, 0.05) is 6.54 Å². The minimum atomic E-state index is -0.434. The number of rotatable bonds is 4. The van der Waals surface area contributed by atoms with Gasteiger partial charge < -0.3 is 15.0 Å². The number of ether oxygens (including phenoxy) is 1. The van der Waals surface area contributed by atoms with Crippen molar-refractivity contribution < 1.29 is 9.53 Å². The van der Waals surface area contributed by atoms with Crippen LogP contribution in [0.3, 0.4) is 0 Å². The van der Waals surface area contributed by atoms with E-state index in [2.05, 4.69) is 11.9 Å². The van der Waals surface area contributed by atoms with Crippen molar-refractivity contribution in [2.45, 2.75) is 46.1 Å². The molecule has 0 aromatic carbocycles. The number of carbonyl (C=O) groups is 1. The van der Waals surface area contributed by atoms with E-state index < -0.39 is 5.97 Å². The predicted octanol–water partition coefficient (Wildman–Crippen LogP) is 2.47. The number of carbonyl (C=O) groups excluding carboxylic acids is 1. The van der Waals surface area contributed by atoms with E-state index in [-0.39, 0.29) is 5.69 Å². The van der Waals surface area contributed by atoms with Crippen molar-refractivity contribution in [1.82, 2.24) is 9.55 Å². The molecule has 0 radical (unpaired) electrons. The maximum Gasteiger partial charge on any atom is 0.360 e. The molecule has 0 saturated heterocycles. The fourth-order valence-electron chi connectivity index (χ4n) is 2.90. The summed E-state index contributed by atoms with van der Waals surface area (Å²) in [6.45, 7) is 5.26. The Morgan fingerprint density at radius 1 is 1.58 bits per heavy atom. The van der Waals surface area contributed by atoms with Crippen molar-refractivity contribution >= 4 is 11.8 Å². The van der Waals surface area contributed by atoms with E-state index >= 15 is 0 Å². The van der Waals surface area contributed by atoms with Crippen LogP contribution in [0.2, 0.25) is 0 Å². The molecular weight excluding hydrogens is 242 g/mol. The number of anilines is 1. The zero-order valence-corrected chi connectivity index (χ0v) is 11.8. The average Bonchev–Trinajstić information content (AvgIpc) is 2.71. The maximum atomic E-state index is 11.6. The van der Waals surface area contributed by atoms with Crippen molar-refractivity contribution in [2.75, 3.05) is 12.3 Å². The number of aromatic nitrogens is 2. The van der Waals surface area contributed by atoms with Gasteiger partial charge in [0.15, 0.2) is 5.69 Å². The van der Waals surface area contributed by atoms with Crippen molar-refractivity contribution in [3.8, 4) is 0 Å². The van der Waals surface area contributed by atoms with Crippen LogP contribution in [0, 0.1) is 11.8 Å². The molecule has 0 aliphatic heterocycles. The number of nitrogen functional groups attached to an aromatic ring is 1. The summed E-state index contributed by atoms with van der Waals surface area (Å²) in [5.74, 6) is 1.41. The normalized spacial score (nSPS) is 23.3. The summed E-state index contributed by atoms with van der Waals surface area (Å²) in [5, 5.41) is 0. The number of hydrogen-bond acceptors (Lipinski definition) is 4. The zero-order chi connectivity index (χ0) is 13.8. The standard InChI is InChI=1S/C14H23N3O2/c1-3-19-14(18)12-13(15)17(9-16-12)8-11-6-4-5-10(2)7-11/h9-11H,3-8,15H2,1-2H3. The van der Waals surface area contributed by atoms with Crippen molar-refractivity contribution in [2.24, 2.45) is 11.8 Å². The fraction of sp³-hybridized carbons (Fsp3) is 0.714. The van der Waals surface area contributed by atoms with Gasteiger partial charge in [-0.15, -0.1) is 0 Å². The molecule has 2 rings (SSSR count). The molecule has 1 aliphatic rings. The van der Waals surface area contributed by atoms with Crippen LogP contribution < -0.4 is 5.73 Å². The highest BCUT2D eigenvalue weighted by atomic mass is 16.5. The first kappa shape index (κ1) is 13.9. The first-order valence-electron chi connectivity index (χ1n) is 7.09. The SMILES string of the molecule is CCOC(=O)c1ncn(CC2CCCC(C)C2)c1N. The molecule has 0 bridgehead atoms. The molecule has 5 heteroatoms. The van der Waals surface area contributed by atoms with E-state index in [0.717, 1.165) is 12.5 Å². The lowest BCUT2D eigenvalue weighted by molar-refractivity contribution is 0.0521. The molecule has 2 N–H and O–H groups in total. The van der Waals surface area contributed by atoms with E-state index in [4.69, 9.17) is 10.5 Å². The van der Waals surface area contributed by atoms with Gasteiger partial charge >= 0.3 is 5.97 Å². The molecule has 1 saturated carbocycles. The average molecular weight is 265 g/mol. The van der Waals surface area contributed by atoms with Crippen molar-refractivity contribution in [1.29, 1.82) is 0 Å². The van der Waals surface area contributed by atoms with Crippen LogP contribution in [-0.4, -0.2) is 22.1 Å². The van der Waals surface area contributed by atoms with Gasteiger partial charge in [-0.05, 0) is 31.6 Å². The van der Waals surface area contributed by atoms with Crippen molar-refractivity contribution in [3.05, 3.63) is 12.0 Å². The number of hydrogen-bond donors (Lipinski definition) is 1. The topological polar surface area (TPSA) is 70.1 Å². The molecule has 0 amide bonds. The van der Waals surface area contributed by atoms with Gasteiger partial charge in [0.1, 0.15) is 5.82 Å². The third-order valence-corrected chi connectivity index (χ3v) is 3.85. The maximum absolute atomic E-state index is 11.6. The Balaban J connectivity index is 2.03. The van der Waals surface area contributed by atoms with Crippen LogP contribution in [0.5, 0.6) is 0 Å². The summed E-state index contributed by atoms with van der Waals surface area (Å²) in [4.78, 5) is 15.7. The third-order valence-electron chi connectivity index (χ3n) is 3.85. The lowest BCUT2D eigenvalue weighted by Gasteiger charge is -2.27. The monoisotopic (exact) mass is 265 g/mol. The van der Waals surface area contributed by atoms with Crippen LogP contribution in [0.1, 0.15) is 50.0 Å². The molecule has 1 aliphatic carbocycles. The number of esters is 1. The van der Waals surface area contributed by atoms with Crippen LogP contribution in [0.25, 0.3) is 0 Å². The molecule has 2 unspecified atom stereocenters. The van der Waals surface area contributed by atoms with E-state index in [1.54, 1.807) is 13.3 Å². The van der Waals surface area contributed by atoms with E-state index in [1.165, 1.54) is 25.7 Å². The Labute approximate surface area is 114 Å². The summed E-state index contributed by atoms with van der Waals surface area (Å²) in [7, 11) is 0. The Kier molecular flexibility index (Phi) is 4.45. The number of nitrogens with zero attached hydrogens (tertiary/aromatic N) is 2. The largest absolute Gasteiger partial charge is 0.461 e. The highest BCUT2D eigenvalue weighted by Crippen LogP contribution is 2.30. The zero-order valence-electron chi connectivity index (χ0n) is 11.8. The molecule has 1 aromatic rings. The molecule has 106 valence electrons. The van der Waals surface area contributed by atoms with Crippen LogP contribution in [0.4, 0.5) is 5.82 Å². The summed E-state index contributed by atoms with van der Waals surface area (Å²) in [6.07, 6.45) is 6.72. The first-order valence-corrected chi connectivity index (χ1v) is 7.09. The van der Waals surface area contributed by atoms with E-state index in [1.807, 2.05) is 4.57 Å². The van der Waals surface area contributed by atoms with Crippen LogP contribution in [-0.2, 0) is 11.3 Å². The second-order valence-corrected chi connectivity index (χ2v) is 5.49. The van der Waals surface area contributed by atoms with E-state index in [0.29, 0.717) is 18.3 Å². The third kappa shape index (κ3) is 3.28. The fourth-order valence-corrected chi connectivity index (χ4v) is 2.90. The summed E-state index contributed by atoms with van der Waals surface area (Å²) in [6, 6.07) is 0. The molecule has 1 heterocycles. The molecular formula is C14H23N3O2. The second kappa shape index (κ2) is 6.08.